The third kappa shape index (κ3) is 4.45. The molecule has 3 heterocycles. The zero-order valence-corrected chi connectivity index (χ0v) is 20.7. The molecule has 9 heteroatoms. The second kappa shape index (κ2) is 9.18. The van der Waals surface area contributed by atoms with Crippen LogP contribution in [0.5, 0.6) is 17.2 Å². The van der Waals surface area contributed by atoms with Crippen molar-refractivity contribution >= 4 is 11.0 Å². The molecule has 7 nitrogen and oxygen atoms in total. The third-order valence-electron chi connectivity index (χ3n) is 6.52. The number of hydrogen-bond donors (Lipinski definition) is 1. The van der Waals surface area contributed by atoms with Gasteiger partial charge in [0.1, 0.15) is 28.7 Å². The van der Waals surface area contributed by atoms with E-state index in [1.54, 1.807) is 38.4 Å². The van der Waals surface area contributed by atoms with Crippen LogP contribution in [-0.4, -0.2) is 31.2 Å². The molecule has 0 radical (unpaired) electrons. The maximum atomic E-state index is 13.3. The minimum atomic E-state index is -2.97. The molecule has 6 rings (SSSR count). The second-order valence-corrected chi connectivity index (χ2v) is 9.67. The van der Waals surface area contributed by atoms with Gasteiger partial charge in [-0.05, 0) is 49.7 Å². The number of imidazole rings is 1. The van der Waals surface area contributed by atoms with Crippen molar-refractivity contribution in [3.05, 3.63) is 95.8 Å². The summed E-state index contributed by atoms with van der Waals surface area (Å²) in [6.45, 7) is 0.507. The highest BCUT2D eigenvalue weighted by molar-refractivity contribution is 5.83. The van der Waals surface area contributed by atoms with E-state index in [0.717, 1.165) is 33.5 Å². The van der Waals surface area contributed by atoms with Crippen molar-refractivity contribution in [3.8, 4) is 28.4 Å². The lowest BCUT2D eigenvalue weighted by Gasteiger charge is -2.17. The van der Waals surface area contributed by atoms with Gasteiger partial charge in [-0.2, -0.15) is 8.78 Å². The molecule has 192 valence electrons. The number of nitrogens with zero attached hydrogens (tertiary/aromatic N) is 4. The molecule has 0 aliphatic carbocycles. The van der Waals surface area contributed by atoms with E-state index < -0.39 is 12.2 Å². The van der Waals surface area contributed by atoms with Gasteiger partial charge >= 0.3 is 6.61 Å². The quantitative estimate of drug-likeness (QED) is 0.308. The van der Waals surface area contributed by atoms with Crippen molar-refractivity contribution in [3.63, 3.8) is 0 Å². The molecule has 0 bridgehead atoms. The Hall–Kier alpha value is -4.37. The number of hydrogen-bond acceptors (Lipinski definition) is 6. The number of aromatic nitrogens is 4. The van der Waals surface area contributed by atoms with Gasteiger partial charge in [0.15, 0.2) is 5.82 Å². The molecule has 38 heavy (non-hydrogen) atoms. The van der Waals surface area contributed by atoms with Crippen LogP contribution < -0.4 is 9.47 Å². The Morgan fingerprint density at radius 3 is 2.50 bits per heavy atom. The topological polar surface area (TPSA) is 82.3 Å². The Morgan fingerprint density at radius 2 is 1.74 bits per heavy atom. The molecule has 1 aliphatic heterocycles. The second-order valence-electron chi connectivity index (χ2n) is 9.67. The van der Waals surface area contributed by atoms with E-state index in [0.29, 0.717) is 29.3 Å². The summed E-state index contributed by atoms with van der Waals surface area (Å²) in [7, 11) is 0. The number of halogens is 2. The highest BCUT2D eigenvalue weighted by Crippen LogP contribution is 2.38. The summed E-state index contributed by atoms with van der Waals surface area (Å²) in [6, 6.07) is 18.4. The number of alkyl halides is 2. The molecular weight excluding hydrogens is 490 g/mol. The highest BCUT2D eigenvalue weighted by Gasteiger charge is 2.23. The van der Waals surface area contributed by atoms with Crippen molar-refractivity contribution in [2.45, 2.75) is 39.0 Å². The number of rotatable bonds is 4. The van der Waals surface area contributed by atoms with E-state index in [2.05, 4.69) is 9.97 Å². The monoisotopic (exact) mass is 514 g/mol. The van der Waals surface area contributed by atoms with Crippen LogP contribution >= 0.6 is 0 Å². The number of fused-ring (bicyclic) bond motifs is 5. The van der Waals surface area contributed by atoms with Gasteiger partial charge in [-0.3, -0.25) is 0 Å². The van der Waals surface area contributed by atoms with Gasteiger partial charge in [0.25, 0.3) is 0 Å². The molecule has 2 aromatic heterocycles. The lowest BCUT2D eigenvalue weighted by atomic mass is 10.1. The average Bonchev–Trinajstić information content (AvgIpc) is 3.24. The molecule has 0 saturated heterocycles. The first-order chi connectivity index (χ1) is 18.3. The predicted octanol–water partition coefficient (Wildman–Crippen LogP) is 6.07. The zero-order chi connectivity index (χ0) is 26.4. The third-order valence-corrected chi connectivity index (χ3v) is 6.52. The van der Waals surface area contributed by atoms with Crippen LogP contribution in [0.15, 0.2) is 73.1 Å². The summed E-state index contributed by atoms with van der Waals surface area (Å²) in [5, 5.41) is 10.2. The smallest absolute Gasteiger partial charge is 0.387 e. The van der Waals surface area contributed by atoms with E-state index in [1.807, 2.05) is 47.0 Å². The lowest BCUT2D eigenvalue weighted by Crippen LogP contribution is -2.19. The van der Waals surface area contributed by atoms with Gasteiger partial charge in [-0.1, -0.05) is 30.3 Å². The molecule has 1 aliphatic rings. The standard InChI is InChI=1S/C29H24F2N4O3/c1-29(2,36)27-32-14-19(15-33-27)17-10-11-21-22(12-17)35-16-20-24(8-5-9-25(20)38-28(30)31)37-23-7-4-3-6-18(23)13-26(35)34-21/h3-12,14-15,28,36H,13,16H2,1-2H3. The van der Waals surface area contributed by atoms with E-state index >= 15 is 0 Å². The first-order valence-electron chi connectivity index (χ1n) is 12.1. The van der Waals surface area contributed by atoms with Crippen molar-refractivity contribution < 1.29 is 23.4 Å². The summed E-state index contributed by atoms with van der Waals surface area (Å²) >= 11 is 0. The number of para-hydroxylation sites is 1. The van der Waals surface area contributed by atoms with E-state index in [9.17, 15) is 13.9 Å². The van der Waals surface area contributed by atoms with Gasteiger partial charge in [0, 0.05) is 29.9 Å². The average molecular weight is 515 g/mol. The van der Waals surface area contributed by atoms with Gasteiger partial charge in [0.05, 0.1) is 23.1 Å². The molecule has 0 unspecified atom stereocenters. The zero-order valence-electron chi connectivity index (χ0n) is 20.7. The van der Waals surface area contributed by atoms with Gasteiger partial charge in [-0.15, -0.1) is 0 Å². The first kappa shape index (κ1) is 24.0. The van der Waals surface area contributed by atoms with Gasteiger partial charge < -0.3 is 19.1 Å². The van der Waals surface area contributed by atoms with Crippen LogP contribution in [0.4, 0.5) is 8.78 Å². The van der Waals surface area contributed by atoms with Crippen molar-refractivity contribution in [1.29, 1.82) is 0 Å². The fraction of sp³-hybridized carbons (Fsp3) is 0.207. The van der Waals surface area contributed by atoms with Crippen LogP contribution in [0.2, 0.25) is 0 Å². The Morgan fingerprint density at radius 1 is 0.974 bits per heavy atom. The van der Waals surface area contributed by atoms with Crippen LogP contribution in [0, 0.1) is 0 Å². The summed E-state index contributed by atoms with van der Waals surface area (Å²) in [5.74, 6) is 2.22. The van der Waals surface area contributed by atoms with Crippen LogP contribution in [-0.2, 0) is 18.6 Å². The molecule has 0 fully saturated rings. The van der Waals surface area contributed by atoms with E-state index in [4.69, 9.17) is 14.5 Å². The summed E-state index contributed by atoms with van der Waals surface area (Å²) in [4.78, 5) is 13.5. The van der Waals surface area contributed by atoms with Crippen LogP contribution in [0.3, 0.4) is 0 Å². The first-order valence-corrected chi connectivity index (χ1v) is 12.1. The highest BCUT2D eigenvalue weighted by atomic mass is 19.3. The number of aliphatic hydroxyl groups is 1. The molecule has 0 atom stereocenters. The van der Waals surface area contributed by atoms with Crippen LogP contribution in [0.25, 0.3) is 22.2 Å². The van der Waals surface area contributed by atoms with Crippen molar-refractivity contribution in [1.82, 2.24) is 19.5 Å². The Bertz CT molecular complexity index is 1640. The Labute approximate surface area is 217 Å². The Kier molecular flexibility index (Phi) is 5.80. The lowest BCUT2D eigenvalue weighted by molar-refractivity contribution is -0.0505. The maximum Gasteiger partial charge on any atom is 0.387 e. The molecule has 0 spiro atoms. The fourth-order valence-electron chi connectivity index (χ4n) is 4.66. The predicted molar refractivity (Wildman–Crippen MR) is 138 cm³/mol. The minimum Gasteiger partial charge on any atom is -0.457 e. The normalized spacial score (nSPS) is 13.1. The largest absolute Gasteiger partial charge is 0.457 e. The van der Waals surface area contributed by atoms with Crippen molar-refractivity contribution in [2.24, 2.45) is 0 Å². The summed E-state index contributed by atoms with van der Waals surface area (Å²) in [5.41, 5.74) is 3.49. The maximum absolute atomic E-state index is 13.3. The number of ether oxygens (including phenoxy) is 2. The molecule has 3 aromatic carbocycles. The van der Waals surface area contributed by atoms with Crippen LogP contribution in [0.1, 0.15) is 36.6 Å². The molecule has 5 aromatic rings. The van der Waals surface area contributed by atoms with Crippen molar-refractivity contribution in [2.75, 3.05) is 0 Å². The Balaban J connectivity index is 1.52. The molecule has 0 saturated carbocycles. The SMILES string of the molecule is CC(C)(O)c1ncc(-c2ccc3nc4n(c3c2)Cc2c(cccc2OC(F)F)Oc2ccccc2C4)cn1. The van der Waals surface area contributed by atoms with Gasteiger partial charge in [0.2, 0.25) is 0 Å². The van der Waals surface area contributed by atoms with E-state index in [1.165, 1.54) is 6.07 Å². The number of benzene rings is 3. The van der Waals surface area contributed by atoms with Gasteiger partial charge in [-0.25, -0.2) is 15.0 Å². The fourth-order valence-corrected chi connectivity index (χ4v) is 4.66. The minimum absolute atomic E-state index is 0.0523. The molecule has 0 amide bonds. The molecule has 1 N–H and O–H groups in total. The summed E-state index contributed by atoms with van der Waals surface area (Å²) < 4.78 is 39.7. The molecular formula is C29H24F2N4O3. The van der Waals surface area contributed by atoms with E-state index in [-0.39, 0.29) is 12.3 Å². The summed E-state index contributed by atoms with van der Waals surface area (Å²) in [6.07, 6.45) is 3.83.